The summed E-state index contributed by atoms with van der Waals surface area (Å²) in [5.41, 5.74) is 8.50. The van der Waals surface area contributed by atoms with E-state index in [1.807, 2.05) is 11.7 Å². The van der Waals surface area contributed by atoms with Crippen LogP contribution >= 0.6 is 0 Å². The van der Waals surface area contributed by atoms with E-state index in [1.54, 1.807) is 0 Å². The van der Waals surface area contributed by atoms with E-state index in [4.69, 9.17) is 10.5 Å². The molecule has 1 aliphatic heterocycles. The fraction of sp³-hybridized carbons (Fsp3) is 0.800. The second-order valence-electron chi connectivity index (χ2n) is 5.90. The van der Waals surface area contributed by atoms with Crippen molar-refractivity contribution < 1.29 is 4.74 Å². The molecule has 5 nitrogen and oxygen atoms in total. The molecule has 0 amide bonds. The highest BCUT2D eigenvalue weighted by Crippen LogP contribution is 2.25. The third-order valence-electron chi connectivity index (χ3n) is 4.17. The first-order valence-corrected chi connectivity index (χ1v) is 7.63. The molecule has 114 valence electrons. The van der Waals surface area contributed by atoms with Crippen LogP contribution in [0, 0.1) is 6.92 Å². The number of aromatic nitrogens is 2. The van der Waals surface area contributed by atoms with Crippen molar-refractivity contribution in [1.82, 2.24) is 9.78 Å². The highest BCUT2D eigenvalue weighted by molar-refractivity contribution is 5.50. The molecule has 2 unspecified atom stereocenters. The van der Waals surface area contributed by atoms with Crippen molar-refractivity contribution >= 4 is 5.82 Å². The topological polar surface area (TPSA) is 56.3 Å². The van der Waals surface area contributed by atoms with Gasteiger partial charge in [0.1, 0.15) is 5.82 Å². The first-order valence-electron chi connectivity index (χ1n) is 7.63. The zero-order valence-corrected chi connectivity index (χ0v) is 13.2. The number of hydrogen-bond acceptors (Lipinski definition) is 4. The predicted molar refractivity (Wildman–Crippen MR) is 82.2 cm³/mol. The van der Waals surface area contributed by atoms with Gasteiger partial charge in [0.2, 0.25) is 0 Å². The van der Waals surface area contributed by atoms with Crippen molar-refractivity contribution in [1.29, 1.82) is 0 Å². The minimum absolute atomic E-state index is 0.202. The van der Waals surface area contributed by atoms with Crippen LogP contribution in [0.5, 0.6) is 0 Å². The van der Waals surface area contributed by atoms with Gasteiger partial charge in [-0.2, -0.15) is 5.10 Å². The van der Waals surface area contributed by atoms with Crippen molar-refractivity contribution in [2.24, 2.45) is 12.8 Å². The fourth-order valence-corrected chi connectivity index (χ4v) is 2.99. The minimum atomic E-state index is 0.202. The lowest BCUT2D eigenvalue weighted by atomic mass is 10.0. The van der Waals surface area contributed by atoms with Crippen LogP contribution in [0.4, 0.5) is 5.82 Å². The third-order valence-corrected chi connectivity index (χ3v) is 4.17. The van der Waals surface area contributed by atoms with Crippen molar-refractivity contribution in [3.05, 3.63) is 11.3 Å². The van der Waals surface area contributed by atoms with Crippen LogP contribution in [0.2, 0.25) is 0 Å². The summed E-state index contributed by atoms with van der Waals surface area (Å²) >= 11 is 0. The molecule has 2 heterocycles. The summed E-state index contributed by atoms with van der Waals surface area (Å²) in [7, 11) is 4.13. The number of ether oxygens (including phenoxy) is 1. The maximum Gasteiger partial charge on any atom is 0.129 e. The standard InChI is InChI=1S/C15H28N4O/c1-5-12(16)9-14-11(2)17-19(4)15(14)18(3)10-13-7-6-8-20-13/h12-13H,5-10,16H2,1-4H3. The van der Waals surface area contributed by atoms with Gasteiger partial charge >= 0.3 is 0 Å². The molecule has 1 aromatic heterocycles. The number of likely N-dealkylation sites (N-methyl/N-ethyl adjacent to an activating group) is 1. The first kappa shape index (κ1) is 15.3. The summed E-state index contributed by atoms with van der Waals surface area (Å²) in [5.74, 6) is 1.18. The van der Waals surface area contributed by atoms with Crippen LogP contribution in [0.3, 0.4) is 0 Å². The maximum absolute atomic E-state index is 6.14. The zero-order valence-electron chi connectivity index (χ0n) is 13.2. The number of hydrogen-bond donors (Lipinski definition) is 1. The molecule has 0 spiro atoms. The van der Waals surface area contributed by atoms with Crippen LogP contribution in [0.1, 0.15) is 37.4 Å². The lowest BCUT2D eigenvalue weighted by Crippen LogP contribution is -2.31. The lowest BCUT2D eigenvalue weighted by Gasteiger charge is -2.24. The van der Waals surface area contributed by atoms with Gasteiger partial charge in [-0.3, -0.25) is 4.68 Å². The predicted octanol–water partition coefficient (Wildman–Crippen LogP) is 1.62. The summed E-state index contributed by atoms with van der Waals surface area (Å²) in [5, 5.41) is 4.57. The highest BCUT2D eigenvalue weighted by atomic mass is 16.5. The smallest absolute Gasteiger partial charge is 0.129 e. The monoisotopic (exact) mass is 280 g/mol. The Kier molecular flexibility index (Phi) is 5.05. The first-order chi connectivity index (χ1) is 9.52. The van der Waals surface area contributed by atoms with Crippen LogP contribution in [-0.4, -0.2) is 42.1 Å². The quantitative estimate of drug-likeness (QED) is 0.860. The van der Waals surface area contributed by atoms with E-state index < -0.39 is 0 Å². The molecule has 2 rings (SSSR count). The molecule has 0 radical (unpaired) electrons. The van der Waals surface area contributed by atoms with Gasteiger partial charge in [0.05, 0.1) is 11.8 Å². The van der Waals surface area contributed by atoms with Gasteiger partial charge in [0, 0.05) is 38.9 Å². The van der Waals surface area contributed by atoms with Crippen molar-refractivity contribution in [2.75, 3.05) is 25.1 Å². The van der Waals surface area contributed by atoms with Crippen LogP contribution in [-0.2, 0) is 18.2 Å². The second-order valence-corrected chi connectivity index (χ2v) is 5.90. The van der Waals surface area contributed by atoms with Crippen molar-refractivity contribution in [3.63, 3.8) is 0 Å². The Morgan fingerprint density at radius 3 is 2.90 bits per heavy atom. The molecule has 1 fully saturated rings. The highest BCUT2D eigenvalue weighted by Gasteiger charge is 2.23. The maximum atomic E-state index is 6.14. The molecule has 1 aliphatic rings. The number of nitrogens with zero attached hydrogens (tertiary/aromatic N) is 3. The van der Waals surface area contributed by atoms with E-state index in [2.05, 4.69) is 30.9 Å². The van der Waals surface area contributed by atoms with Crippen LogP contribution in [0.15, 0.2) is 0 Å². The molecule has 0 saturated carbocycles. The van der Waals surface area contributed by atoms with Crippen molar-refractivity contribution in [2.45, 2.75) is 51.7 Å². The summed E-state index contributed by atoms with van der Waals surface area (Å²) in [6.45, 7) is 6.02. The molecule has 2 atom stereocenters. The Morgan fingerprint density at radius 2 is 2.30 bits per heavy atom. The molecule has 2 N–H and O–H groups in total. The van der Waals surface area contributed by atoms with Crippen LogP contribution < -0.4 is 10.6 Å². The Morgan fingerprint density at radius 1 is 1.55 bits per heavy atom. The van der Waals surface area contributed by atoms with E-state index in [-0.39, 0.29) is 6.04 Å². The molecular weight excluding hydrogens is 252 g/mol. The summed E-state index contributed by atoms with van der Waals surface area (Å²) in [4.78, 5) is 2.27. The van der Waals surface area contributed by atoms with E-state index >= 15 is 0 Å². The SMILES string of the molecule is CCC(N)Cc1c(C)nn(C)c1N(C)CC1CCCO1. The van der Waals surface area contributed by atoms with Gasteiger partial charge in [0.15, 0.2) is 0 Å². The average molecular weight is 280 g/mol. The fourth-order valence-electron chi connectivity index (χ4n) is 2.99. The van der Waals surface area contributed by atoms with E-state index in [1.165, 1.54) is 17.8 Å². The molecule has 0 aliphatic carbocycles. The number of anilines is 1. The summed E-state index contributed by atoms with van der Waals surface area (Å²) in [6, 6.07) is 0.202. The zero-order chi connectivity index (χ0) is 14.7. The Bertz CT molecular complexity index is 437. The van der Waals surface area contributed by atoms with Gasteiger partial charge in [-0.15, -0.1) is 0 Å². The Labute approximate surface area is 122 Å². The van der Waals surface area contributed by atoms with Crippen molar-refractivity contribution in [3.8, 4) is 0 Å². The summed E-state index contributed by atoms with van der Waals surface area (Å²) in [6.07, 6.45) is 4.56. The lowest BCUT2D eigenvalue weighted by molar-refractivity contribution is 0.116. The van der Waals surface area contributed by atoms with E-state index in [9.17, 15) is 0 Å². The molecule has 1 saturated heterocycles. The number of aryl methyl sites for hydroxylation is 2. The van der Waals surface area contributed by atoms with E-state index in [0.717, 1.165) is 38.1 Å². The van der Waals surface area contributed by atoms with Gasteiger partial charge in [-0.05, 0) is 32.6 Å². The van der Waals surface area contributed by atoms with Gasteiger partial charge in [-0.25, -0.2) is 0 Å². The molecule has 0 bridgehead atoms. The Balaban J connectivity index is 2.15. The van der Waals surface area contributed by atoms with Gasteiger partial charge in [-0.1, -0.05) is 6.92 Å². The minimum Gasteiger partial charge on any atom is -0.376 e. The van der Waals surface area contributed by atoms with Gasteiger partial charge in [0.25, 0.3) is 0 Å². The van der Waals surface area contributed by atoms with Gasteiger partial charge < -0.3 is 15.4 Å². The largest absolute Gasteiger partial charge is 0.376 e. The molecule has 0 aromatic carbocycles. The number of nitrogens with two attached hydrogens (primary N) is 1. The average Bonchev–Trinajstić information content (AvgIpc) is 2.98. The van der Waals surface area contributed by atoms with E-state index in [0.29, 0.717) is 6.10 Å². The normalized spacial score (nSPS) is 20.4. The molecule has 1 aromatic rings. The number of rotatable bonds is 6. The molecular formula is C15H28N4O. The summed E-state index contributed by atoms with van der Waals surface area (Å²) < 4.78 is 7.71. The third kappa shape index (κ3) is 3.33. The molecule has 5 heteroatoms. The second kappa shape index (κ2) is 6.59. The Hall–Kier alpha value is -1.07. The molecule has 20 heavy (non-hydrogen) atoms. The van der Waals surface area contributed by atoms with Crippen LogP contribution in [0.25, 0.3) is 0 Å².